The van der Waals surface area contributed by atoms with Crippen LogP contribution in [0.1, 0.15) is 30.5 Å². The van der Waals surface area contributed by atoms with Crippen molar-refractivity contribution in [3.63, 3.8) is 0 Å². The van der Waals surface area contributed by atoms with Gasteiger partial charge in [-0.15, -0.1) is 0 Å². The Hall–Kier alpha value is -2.48. The second kappa shape index (κ2) is 7.82. The third-order valence-corrected chi connectivity index (χ3v) is 4.74. The predicted molar refractivity (Wildman–Crippen MR) is 97.7 cm³/mol. The van der Waals surface area contributed by atoms with Gasteiger partial charge in [0.05, 0.1) is 17.8 Å². The van der Waals surface area contributed by atoms with Gasteiger partial charge in [0.25, 0.3) is 0 Å². The molecule has 1 fully saturated rings. The van der Waals surface area contributed by atoms with Gasteiger partial charge in [-0.1, -0.05) is 0 Å². The molecule has 2 N–H and O–H groups in total. The number of piperidine rings is 1. The molecule has 1 atom stereocenters. The smallest absolute Gasteiger partial charge is 0.225 e. The lowest BCUT2D eigenvalue weighted by atomic mass is 9.93. The van der Waals surface area contributed by atoms with Crippen LogP contribution in [0.4, 0.5) is 5.95 Å². The van der Waals surface area contributed by atoms with Gasteiger partial charge in [-0.25, -0.2) is 9.97 Å². The maximum atomic E-state index is 12.2. The molecule has 1 amide bonds. The Bertz CT molecular complexity index is 747. The zero-order valence-electron chi connectivity index (χ0n) is 15.4. The van der Waals surface area contributed by atoms with Crippen LogP contribution < -0.4 is 10.2 Å². The van der Waals surface area contributed by atoms with Crippen LogP contribution in [-0.2, 0) is 18.3 Å². The number of nitrogens with zero attached hydrogens (tertiary/aromatic N) is 5. The fourth-order valence-electron chi connectivity index (χ4n) is 3.38. The van der Waals surface area contributed by atoms with Crippen molar-refractivity contribution in [2.75, 3.05) is 24.5 Å². The SMILES string of the molecule is Cc1nn(C)cc1CCC(=O)NCC1(O)CCCN(c2ncccn2)C1. The number of amides is 1. The van der Waals surface area contributed by atoms with E-state index in [1.54, 1.807) is 23.1 Å². The molecular formula is C18H26N6O2. The zero-order valence-corrected chi connectivity index (χ0v) is 15.4. The number of rotatable bonds is 6. The molecule has 1 unspecified atom stereocenters. The topological polar surface area (TPSA) is 96.2 Å². The Kier molecular flexibility index (Phi) is 5.51. The standard InChI is InChI=1S/C18H26N6O2/c1-14-15(11-23(2)22-14)5-6-16(25)21-12-18(26)7-3-10-24(13-18)17-19-8-4-9-20-17/h4,8-9,11,26H,3,5-7,10,12-13H2,1-2H3,(H,21,25). The Labute approximate surface area is 153 Å². The summed E-state index contributed by atoms with van der Waals surface area (Å²) in [6, 6.07) is 1.77. The van der Waals surface area contributed by atoms with Gasteiger partial charge < -0.3 is 15.3 Å². The van der Waals surface area contributed by atoms with E-state index in [1.807, 2.05) is 25.1 Å². The largest absolute Gasteiger partial charge is 0.386 e. The molecule has 3 rings (SSSR count). The summed E-state index contributed by atoms with van der Waals surface area (Å²) in [6.45, 7) is 3.40. The van der Waals surface area contributed by atoms with Crippen LogP contribution in [0.2, 0.25) is 0 Å². The van der Waals surface area contributed by atoms with E-state index in [9.17, 15) is 9.90 Å². The third-order valence-electron chi connectivity index (χ3n) is 4.74. The minimum Gasteiger partial charge on any atom is -0.386 e. The first kappa shape index (κ1) is 18.3. The van der Waals surface area contributed by atoms with E-state index >= 15 is 0 Å². The summed E-state index contributed by atoms with van der Waals surface area (Å²) in [5, 5.41) is 18.0. The average Bonchev–Trinajstić information content (AvgIpc) is 2.96. The molecule has 0 saturated carbocycles. The predicted octanol–water partition coefficient (Wildman–Crippen LogP) is 0.599. The molecule has 8 heteroatoms. The number of nitrogens with one attached hydrogen (secondary N) is 1. The van der Waals surface area contributed by atoms with Crippen molar-refractivity contribution >= 4 is 11.9 Å². The molecule has 0 radical (unpaired) electrons. The van der Waals surface area contributed by atoms with Gasteiger partial charge in [0, 0.05) is 45.1 Å². The monoisotopic (exact) mass is 358 g/mol. The molecule has 3 heterocycles. The van der Waals surface area contributed by atoms with Crippen LogP contribution in [-0.4, -0.2) is 56.0 Å². The maximum absolute atomic E-state index is 12.2. The number of β-amino-alcohol motifs (C(OH)–C–C–N with tert-alkyl or cyclic N) is 1. The van der Waals surface area contributed by atoms with Gasteiger partial charge in [-0.3, -0.25) is 9.48 Å². The Morgan fingerprint density at radius 1 is 1.38 bits per heavy atom. The number of anilines is 1. The molecule has 0 spiro atoms. The Balaban J connectivity index is 1.49. The highest BCUT2D eigenvalue weighted by Crippen LogP contribution is 2.23. The van der Waals surface area contributed by atoms with Crippen molar-refractivity contribution in [3.05, 3.63) is 35.9 Å². The summed E-state index contributed by atoms with van der Waals surface area (Å²) in [5.74, 6) is 0.554. The number of hydrogen-bond donors (Lipinski definition) is 2. The van der Waals surface area contributed by atoms with Crippen molar-refractivity contribution in [3.8, 4) is 0 Å². The molecule has 0 aliphatic carbocycles. The van der Waals surface area contributed by atoms with Gasteiger partial charge in [-0.2, -0.15) is 5.10 Å². The highest BCUT2D eigenvalue weighted by atomic mass is 16.3. The molecule has 140 valence electrons. The average molecular weight is 358 g/mol. The molecule has 2 aromatic rings. The first-order valence-electron chi connectivity index (χ1n) is 8.95. The highest BCUT2D eigenvalue weighted by molar-refractivity contribution is 5.76. The lowest BCUT2D eigenvalue weighted by Crippen LogP contribution is -2.54. The van der Waals surface area contributed by atoms with Gasteiger partial charge in [0.15, 0.2) is 0 Å². The number of aryl methyl sites for hydroxylation is 3. The molecule has 1 aliphatic heterocycles. The number of carbonyl (C=O) groups is 1. The maximum Gasteiger partial charge on any atom is 0.225 e. The summed E-state index contributed by atoms with van der Waals surface area (Å²) < 4.78 is 1.76. The van der Waals surface area contributed by atoms with E-state index < -0.39 is 5.60 Å². The third kappa shape index (κ3) is 4.57. The Morgan fingerprint density at radius 2 is 2.15 bits per heavy atom. The van der Waals surface area contributed by atoms with Crippen LogP contribution in [0.3, 0.4) is 0 Å². The quantitative estimate of drug-likeness (QED) is 0.785. The van der Waals surface area contributed by atoms with Crippen LogP contribution in [0, 0.1) is 6.92 Å². The minimum atomic E-state index is -0.961. The minimum absolute atomic E-state index is 0.0604. The van der Waals surface area contributed by atoms with Crippen molar-refractivity contribution in [2.24, 2.45) is 7.05 Å². The lowest BCUT2D eigenvalue weighted by Gasteiger charge is -2.39. The van der Waals surface area contributed by atoms with E-state index in [4.69, 9.17) is 0 Å². The summed E-state index contributed by atoms with van der Waals surface area (Å²) in [4.78, 5) is 22.6. The molecular weight excluding hydrogens is 332 g/mol. The highest BCUT2D eigenvalue weighted by Gasteiger charge is 2.34. The number of aromatic nitrogens is 4. The van der Waals surface area contributed by atoms with E-state index in [0.717, 1.165) is 24.2 Å². The van der Waals surface area contributed by atoms with Gasteiger partial charge >= 0.3 is 0 Å². The van der Waals surface area contributed by atoms with Crippen molar-refractivity contribution < 1.29 is 9.90 Å². The molecule has 2 aromatic heterocycles. The van der Waals surface area contributed by atoms with Crippen molar-refractivity contribution in [1.82, 2.24) is 25.1 Å². The zero-order chi connectivity index (χ0) is 18.6. The van der Waals surface area contributed by atoms with Crippen LogP contribution in [0.5, 0.6) is 0 Å². The number of aliphatic hydroxyl groups is 1. The number of hydrogen-bond acceptors (Lipinski definition) is 6. The first-order chi connectivity index (χ1) is 12.5. The van der Waals surface area contributed by atoms with E-state index in [-0.39, 0.29) is 12.5 Å². The van der Waals surface area contributed by atoms with Crippen LogP contribution in [0.15, 0.2) is 24.7 Å². The first-order valence-corrected chi connectivity index (χ1v) is 8.95. The van der Waals surface area contributed by atoms with E-state index in [1.165, 1.54) is 0 Å². The second-order valence-corrected chi connectivity index (χ2v) is 6.99. The molecule has 1 aliphatic rings. The second-order valence-electron chi connectivity index (χ2n) is 6.99. The molecule has 1 saturated heterocycles. The molecule has 0 aromatic carbocycles. The van der Waals surface area contributed by atoms with Gasteiger partial charge in [0.2, 0.25) is 11.9 Å². The van der Waals surface area contributed by atoms with Crippen molar-refractivity contribution in [2.45, 2.75) is 38.2 Å². The van der Waals surface area contributed by atoms with Gasteiger partial charge in [0.1, 0.15) is 0 Å². The van der Waals surface area contributed by atoms with E-state index in [0.29, 0.717) is 31.8 Å². The summed E-state index contributed by atoms with van der Waals surface area (Å²) in [5.41, 5.74) is 1.06. The van der Waals surface area contributed by atoms with E-state index in [2.05, 4.69) is 20.4 Å². The van der Waals surface area contributed by atoms with Crippen LogP contribution >= 0.6 is 0 Å². The summed E-state index contributed by atoms with van der Waals surface area (Å²) >= 11 is 0. The summed E-state index contributed by atoms with van der Waals surface area (Å²) in [6.07, 6.45) is 7.84. The van der Waals surface area contributed by atoms with Crippen molar-refractivity contribution in [1.29, 1.82) is 0 Å². The molecule has 26 heavy (non-hydrogen) atoms. The summed E-state index contributed by atoms with van der Waals surface area (Å²) in [7, 11) is 1.87. The van der Waals surface area contributed by atoms with Gasteiger partial charge in [-0.05, 0) is 37.8 Å². The normalized spacial score (nSPS) is 20.2. The fraction of sp³-hybridized carbons (Fsp3) is 0.556. The Morgan fingerprint density at radius 3 is 2.85 bits per heavy atom. The number of carbonyl (C=O) groups excluding carboxylic acids is 1. The molecule has 8 nitrogen and oxygen atoms in total. The molecule has 0 bridgehead atoms. The lowest BCUT2D eigenvalue weighted by molar-refractivity contribution is -0.122. The van der Waals surface area contributed by atoms with Crippen LogP contribution in [0.25, 0.3) is 0 Å². The fourth-order valence-corrected chi connectivity index (χ4v) is 3.38.